The molecule has 0 N–H and O–H groups in total. The Morgan fingerprint density at radius 2 is 1.75 bits per heavy atom. The van der Waals surface area contributed by atoms with E-state index in [9.17, 15) is 22.4 Å². The smallest absolute Gasteiger partial charge is 0.408 e. The lowest BCUT2D eigenvalue weighted by Gasteiger charge is -2.32. The molecular formula is C40H37ClF6N6O5S. The number of carbonyl (C=O) groups excluding carboxylic acids is 1. The summed E-state index contributed by atoms with van der Waals surface area (Å²) in [5.74, 6) is -5.45. The molecule has 4 aromatic heterocycles. The Bertz CT molecular complexity index is 2450. The zero-order chi connectivity index (χ0) is 42.1. The summed E-state index contributed by atoms with van der Waals surface area (Å²) >= 11 is 7.97. The number of ketones is 1. The number of fused-ring (bicyclic) bond motifs is 1. The van der Waals surface area contributed by atoms with E-state index >= 15 is 8.78 Å². The first-order valence-corrected chi connectivity index (χ1v) is 19.5. The van der Waals surface area contributed by atoms with Crippen molar-refractivity contribution in [2.45, 2.75) is 45.2 Å². The molecule has 1 fully saturated rings. The number of carbonyl (C=O) groups is 1. The minimum Gasteiger partial charge on any atom is -0.491 e. The van der Waals surface area contributed by atoms with Gasteiger partial charge in [0, 0.05) is 50.6 Å². The highest BCUT2D eigenvalue weighted by atomic mass is 35.5. The second kappa shape index (κ2) is 17.2. The quantitative estimate of drug-likeness (QED) is 0.0931. The first-order chi connectivity index (χ1) is 28.1. The van der Waals surface area contributed by atoms with Crippen LogP contribution in [0.5, 0.6) is 17.4 Å². The molecular weight excluding hydrogens is 826 g/mol. The van der Waals surface area contributed by atoms with Gasteiger partial charge in [-0.25, -0.2) is 9.97 Å². The van der Waals surface area contributed by atoms with E-state index in [0.717, 1.165) is 69.1 Å². The standard InChI is InChI=1S/C40H37ClF6N6O5S/c1-23-26(8-9-29(34(23)41)55-19-18-52-16-14-51(3)15-17-52)32-33-37(48-22-49-38(33)59-35(32)30-10-11-31(42)57-30)58-36(24(2)54)40(46,47)27-6-4-5-7-28(27)56-20-25-12-13-50-53(25)21-39(43,44)45/h4-13,22,36H,14-21H2,1-3H3/t36-/m0/s1. The Kier molecular flexibility index (Phi) is 12.2. The third-order valence-electron chi connectivity index (χ3n) is 9.82. The molecule has 59 heavy (non-hydrogen) atoms. The molecule has 312 valence electrons. The van der Waals surface area contributed by atoms with Crippen molar-refractivity contribution in [2.24, 2.45) is 0 Å². The number of thiophene rings is 1. The van der Waals surface area contributed by atoms with Gasteiger partial charge in [0.15, 0.2) is 5.78 Å². The zero-order valence-electron chi connectivity index (χ0n) is 31.9. The lowest BCUT2D eigenvalue weighted by Crippen LogP contribution is -2.45. The molecule has 5 heterocycles. The Hall–Kier alpha value is -5.17. The van der Waals surface area contributed by atoms with Gasteiger partial charge in [-0.05, 0) is 62.4 Å². The number of ether oxygens (including phenoxy) is 3. The highest BCUT2D eigenvalue weighted by Gasteiger charge is 2.49. The third-order valence-corrected chi connectivity index (χ3v) is 11.4. The number of hydrogen-bond donors (Lipinski definition) is 0. The number of halogens is 7. The molecule has 6 aromatic rings. The molecule has 0 aliphatic carbocycles. The number of hydrogen-bond acceptors (Lipinski definition) is 11. The van der Waals surface area contributed by atoms with Gasteiger partial charge < -0.3 is 23.5 Å². The Morgan fingerprint density at radius 3 is 2.46 bits per heavy atom. The average Bonchev–Trinajstić information content (AvgIpc) is 3.93. The van der Waals surface area contributed by atoms with Gasteiger partial charge in [-0.2, -0.15) is 31.4 Å². The number of piperazine rings is 1. The lowest BCUT2D eigenvalue weighted by atomic mass is 9.97. The van der Waals surface area contributed by atoms with Gasteiger partial charge in [0.2, 0.25) is 12.0 Å². The van der Waals surface area contributed by atoms with Crippen LogP contribution in [0.3, 0.4) is 0 Å². The number of rotatable bonds is 15. The van der Waals surface area contributed by atoms with Gasteiger partial charge in [-0.15, -0.1) is 11.3 Å². The third kappa shape index (κ3) is 9.20. The van der Waals surface area contributed by atoms with E-state index in [0.29, 0.717) is 45.2 Å². The molecule has 0 unspecified atom stereocenters. The van der Waals surface area contributed by atoms with Crippen molar-refractivity contribution in [1.82, 2.24) is 29.5 Å². The van der Waals surface area contributed by atoms with Crippen molar-refractivity contribution < 1.29 is 49.8 Å². The highest BCUT2D eigenvalue weighted by molar-refractivity contribution is 7.22. The number of Topliss-reactive ketones (excluding diaryl/α,β-unsaturated/α-hetero) is 1. The maximum Gasteiger partial charge on any atom is 0.408 e. The van der Waals surface area contributed by atoms with Crippen LogP contribution in [0.1, 0.15) is 23.7 Å². The van der Waals surface area contributed by atoms with Gasteiger partial charge in [0.25, 0.3) is 6.01 Å². The number of benzene rings is 2. The highest BCUT2D eigenvalue weighted by Crippen LogP contribution is 2.50. The first-order valence-electron chi connectivity index (χ1n) is 18.3. The second-order valence-electron chi connectivity index (χ2n) is 13.9. The maximum atomic E-state index is 16.8. The van der Waals surface area contributed by atoms with Crippen molar-refractivity contribution >= 4 is 38.9 Å². The number of alkyl halides is 5. The number of nitrogens with zero attached hydrogens (tertiary/aromatic N) is 6. The average molecular weight is 863 g/mol. The van der Waals surface area contributed by atoms with Crippen LogP contribution >= 0.6 is 22.9 Å². The van der Waals surface area contributed by atoms with E-state index in [1.54, 1.807) is 19.1 Å². The van der Waals surface area contributed by atoms with E-state index in [-0.39, 0.29) is 26.7 Å². The molecule has 7 rings (SSSR count). The molecule has 19 heteroatoms. The summed E-state index contributed by atoms with van der Waals surface area (Å²) in [4.78, 5) is 26.9. The van der Waals surface area contributed by atoms with Gasteiger partial charge in [-0.1, -0.05) is 29.8 Å². The fourth-order valence-corrected chi connectivity index (χ4v) is 8.07. The van der Waals surface area contributed by atoms with Crippen molar-refractivity contribution in [3.05, 3.63) is 95.0 Å². The molecule has 1 aliphatic rings. The van der Waals surface area contributed by atoms with Gasteiger partial charge in [-0.3, -0.25) is 14.4 Å². The molecule has 0 amide bonds. The van der Waals surface area contributed by atoms with E-state index in [4.69, 9.17) is 30.2 Å². The summed E-state index contributed by atoms with van der Waals surface area (Å²) in [6.45, 7) is 5.52. The zero-order valence-corrected chi connectivity index (χ0v) is 33.4. The van der Waals surface area contributed by atoms with Crippen LogP contribution in [0.25, 0.3) is 32.0 Å². The van der Waals surface area contributed by atoms with E-state index in [2.05, 4.69) is 31.9 Å². The number of likely N-dealkylation sites (N-methyl/N-ethyl adjacent to an activating group) is 1. The Balaban J connectivity index is 1.23. The summed E-state index contributed by atoms with van der Waals surface area (Å²) in [5.41, 5.74) is 0.538. The topological polar surface area (TPSA) is 108 Å². The first kappa shape index (κ1) is 42.0. The number of aromatic nitrogens is 4. The fourth-order valence-electron chi connectivity index (χ4n) is 6.74. The summed E-state index contributed by atoms with van der Waals surface area (Å²) in [6.07, 6.45) is -4.86. The van der Waals surface area contributed by atoms with E-state index < -0.39 is 60.3 Å². The van der Waals surface area contributed by atoms with E-state index in [1.165, 1.54) is 30.3 Å². The Labute approximate surface area is 343 Å². The molecule has 1 saturated heterocycles. The van der Waals surface area contributed by atoms with Crippen molar-refractivity contribution in [1.29, 1.82) is 0 Å². The van der Waals surface area contributed by atoms with Crippen LogP contribution in [0.4, 0.5) is 26.3 Å². The molecule has 0 saturated carbocycles. The number of para-hydroxylation sites is 1. The van der Waals surface area contributed by atoms with Crippen molar-refractivity contribution in [3.63, 3.8) is 0 Å². The van der Waals surface area contributed by atoms with Crippen LogP contribution < -0.4 is 14.2 Å². The SMILES string of the molecule is CC(=O)[C@H](Oc1ncnc2sc(-c3ccc(F)o3)c(-c3ccc(OCCN4CCN(C)CC4)c(Cl)c3C)c12)C(F)(F)c1ccccc1OCc1ccnn1CC(F)(F)F. The van der Waals surface area contributed by atoms with Crippen molar-refractivity contribution in [2.75, 3.05) is 46.4 Å². The molecule has 11 nitrogen and oxygen atoms in total. The number of furan rings is 1. The molecule has 1 atom stereocenters. The van der Waals surface area contributed by atoms with Crippen molar-refractivity contribution in [3.8, 4) is 39.1 Å². The molecule has 1 aliphatic heterocycles. The molecule has 0 radical (unpaired) electrons. The normalized spacial score (nSPS) is 14.8. The largest absolute Gasteiger partial charge is 0.491 e. The van der Waals surface area contributed by atoms with Crippen LogP contribution in [0, 0.1) is 12.9 Å². The lowest BCUT2D eigenvalue weighted by molar-refractivity contribution is -0.148. The van der Waals surface area contributed by atoms with Gasteiger partial charge >= 0.3 is 12.1 Å². The molecule has 0 bridgehead atoms. The maximum absolute atomic E-state index is 16.8. The summed E-state index contributed by atoms with van der Waals surface area (Å²) in [7, 11) is 2.08. The van der Waals surface area contributed by atoms with Crippen LogP contribution in [0.15, 0.2) is 71.5 Å². The summed E-state index contributed by atoms with van der Waals surface area (Å²) in [6, 6.07) is 11.2. The fraction of sp³-hybridized carbons (Fsp3) is 0.350. The monoisotopic (exact) mass is 862 g/mol. The predicted molar refractivity (Wildman–Crippen MR) is 208 cm³/mol. The minimum absolute atomic E-state index is 0.0268. The van der Waals surface area contributed by atoms with Crippen LogP contribution in [0.2, 0.25) is 5.02 Å². The predicted octanol–water partition coefficient (Wildman–Crippen LogP) is 8.81. The van der Waals surface area contributed by atoms with Crippen LogP contribution in [-0.2, 0) is 23.9 Å². The van der Waals surface area contributed by atoms with Gasteiger partial charge in [0.05, 0.1) is 26.5 Å². The van der Waals surface area contributed by atoms with E-state index in [1.807, 2.05) is 0 Å². The second-order valence-corrected chi connectivity index (χ2v) is 15.3. The molecule has 0 spiro atoms. The van der Waals surface area contributed by atoms with Gasteiger partial charge in [0.1, 0.15) is 48.2 Å². The summed E-state index contributed by atoms with van der Waals surface area (Å²) in [5, 5.41) is 4.06. The summed E-state index contributed by atoms with van der Waals surface area (Å²) < 4.78 is 111. The van der Waals surface area contributed by atoms with Crippen LogP contribution in [-0.4, -0.2) is 94.0 Å². The Morgan fingerprint density at radius 1 is 0.983 bits per heavy atom. The molecule has 2 aromatic carbocycles. The minimum atomic E-state index is -4.59.